The molecule has 0 aliphatic heterocycles. The van der Waals surface area contributed by atoms with Crippen molar-refractivity contribution in [3.8, 4) is 11.5 Å². The van der Waals surface area contributed by atoms with Gasteiger partial charge in [-0.15, -0.1) is 0 Å². The highest BCUT2D eigenvalue weighted by Crippen LogP contribution is 2.38. The molecule has 4 aromatic rings. The summed E-state index contributed by atoms with van der Waals surface area (Å²) in [5.74, 6) is -3.35. The Bertz CT molecular complexity index is 1310. The Morgan fingerprint density at radius 1 is 0.724 bits per heavy atom. The van der Waals surface area contributed by atoms with Gasteiger partial charge in [0.1, 0.15) is 22.6 Å². The first-order valence-corrected chi connectivity index (χ1v) is 8.82. The van der Waals surface area contributed by atoms with Crippen molar-refractivity contribution in [2.75, 3.05) is 0 Å². The molecular formula is C23H16O6. The predicted octanol–water partition coefficient (Wildman–Crippen LogP) is 4.39. The number of fused-ring (bicyclic) bond motifs is 2. The summed E-state index contributed by atoms with van der Waals surface area (Å²) in [5, 5.41) is 42.6. The van der Waals surface area contributed by atoms with Crippen LogP contribution < -0.4 is 0 Å². The van der Waals surface area contributed by atoms with Crippen LogP contribution in [0.4, 0.5) is 0 Å². The van der Waals surface area contributed by atoms with Gasteiger partial charge in [-0.2, -0.15) is 0 Å². The van der Waals surface area contributed by atoms with E-state index < -0.39 is 23.4 Å². The highest BCUT2D eigenvalue weighted by atomic mass is 16.4. The number of aromatic hydroxyl groups is 2. The van der Waals surface area contributed by atoms with Gasteiger partial charge in [-0.3, -0.25) is 0 Å². The molecule has 0 bridgehead atoms. The summed E-state index contributed by atoms with van der Waals surface area (Å²) < 4.78 is 0. The standard InChI is InChI=1S/C23H16O6/c24-20-14(9-12-5-2-4-8-16(12)19(20)23(28)29)11-17-15-7-3-1-6-13(15)10-18(21(17)25)22(26)27/h1-10,24-25H,11H2,(H,26,27)(H,28,29). The van der Waals surface area contributed by atoms with Crippen molar-refractivity contribution in [2.45, 2.75) is 6.42 Å². The summed E-state index contributed by atoms with van der Waals surface area (Å²) in [5.41, 5.74) is 0.111. The van der Waals surface area contributed by atoms with Crippen molar-refractivity contribution in [2.24, 2.45) is 0 Å². The fourth-order valence-corrected chi connectivity index (χ4v) is 3.69. The first kappa shape index (κ1) is 18.3. The highest BCUT2D eigenvalue weighted by Gasteiger charge is 2.22. The van der Waals surface area contributed by atoms with Gasteiger partial charge in [0, 0.05) is 12.0 Å². The van der Waals surface area contributed by atoms with Crippen molar-refractivity contribution in [3.05, 3.63) is 82.9 Å². The smallest absolute Gasteiger partial charge is 0.340 e. The molecule has 0 heterocycles. The monoisotopic (exact) mass is 388 g/mol. The lowest BCUT2D eigenvalue weighted by atomic mass is 9.91. The maximum Gasteiger partial charge on any atom is 0.340 e. The second kappa shape index (κ2) is 6.83. The van der Waals surface area contributed by atoms with Gasteiger partial charge in [0.25, 0.3) is 0 Å². The van der Waals surface area contributed by atoms with Crippen molar-refractivity contribution in [3.63, 3.8) is 0 Å². The Labute approximate surface area is 164 Å². The number of carboxylic acids is 2. The zero-order valence-corrected chi connectivity index (χ0v) is 15.1. The Kier molecular flexibility index (Phi) is 4.31. The summed E-state index contributed by atoms with van der Waals surface area (Å²) >= 11 is 0. The minimum absolute atomic E-state index is 0.0373. The van der Waals surface area contributed by atoms with Gasteiger partial charge >= 0.3 is 11.9 Å². The van der Waals surface area contributed by atoms with Gasteiger partial charge in [-0.1, -0.05) is 48.5 Å². The molecule has 6 heteroatoms. The van der Waals surface area contributed by atoms with Crippen LogP contribution in [0.25, 0.3) is 21.5 Å². The summed E-state index contributed by atoms with van der Waals surface area (Å²) in [6.07, 6.45) is -0.0373. The number of carbonyl (C=O) groups is 2. The van der Waals surface area contributed by atoms with E-state index in [1.54, 1.807) is 54.6 Å². The highest BCUT2D eigenvalue weighted by molar-refractivity contribution is 6.07. The first-order valence-electron chi connectivity index (χ1n) is 8.82. The zero-order chi connectivity index (χ0) is 20.7. The van der Waals surface area contributed by atoms with Crippen LogP contribution >= 0.6 is 0 Å². The number of rotatable bonds is 4. The molecule has 0 aliphatic rings. The van der Waals surface area contributed by atoms with E-state index in [-0.39, 0.29) is 23.1 Å². The van der Waals surface area contributed by atoms with E-state index in [9.17, 15) is 30.0 Å². The molecule has 6 nitrogen and oxygen atoms in total. The Hall–Kier alpha value is -4.06. The molecule has 0 spiro atoms. The van der Waals surface area contributed by atoms with Crippen molar-refractivity contribution < 1.29 is 30.0 Å². The molecule has 0 aromatic heterocycles. The molecule has 144 valence electrons. The third-order valence-corrected chi connectivity index (χ3v) is 5.04. The average Bonchev–Trinajstić information content (AvgIpc) is 2.69. The van der Waals surface area contributed by atoms with Gasteiger partial charge < -0.3 is 20.4 Å². The molecular weight excluding hydrogens is 372 g/mol. The maximum absolute atomic E-state index is 11.8. The minimum Gasteiger partial charge on any atom is -0.507 e. The number of hydrogen-bond donors (Lipinski definition) is 4. The normalized spacial score (nSPS) is 11.0. The number of carboxylic acid groups (broad SMARTS) is 2. The van der Waals surface area contributed by atoms with E-state index in [0.29, 0.717) is 27.1 Å². The van der Waals surface area contributed by atoms with Crippen LogP contribution in [0.3, 0.4) is 0 Å². The van der Waals surface area contributed by atoms with Crippen molar-refractivity contribution in [1.82, 2.24) is 0 Å². The summed E-state index contributed by atoms with van der Waals surface area (Å²) in [6, 6.07) is 16.8. The summed E-state index contributed by atoms with van der Waals surface area (Å²) in [4.78, 5) is 23.3. The number of phenols is 2. The number of hydrogen-bond acceptors (Lipinski definition) is 4. The number of aromatic carboxylic acids is 2. The molecule has 0 aliphatic carbocycles. The van der Waals surface area contributed by atoms with E-state index in [0.717, 1.165) is 0 Å². The van der Waals surface area contributed by atoms with Crippen LogP contribution in [0.15, 0.2) is 60.7 Å². The van der Waals surface area contributed by atoms with E-state index in [2.05, 4.69) is 0 Å². The fraction of sp³-hybridized carbons (Fsp3) is 0.0435. The van der Waals surface area contributed by atoms with E-state index in [1.165, 1.54) is 6.07 Å². The molecule has 0 fully saturated rings. The van der Waals surface area contributed by atoms with Gasteiger partial charge in [0.15, 0.2) is 0 Å². The van der Waals surface area contributed by atoms with E-state index in [1.807, 2.05) is 0 Å². The van der Waals surface area contributed by atoms with Crippen LogP contribution in [0.2, 0.25) is 0 Å². The van der Waals surface area contributed by atoms with Crippen LogP contribution in [0, 0.1) is 0 Å². The SMILES string of the molecule is O=C(O)c1cc2ccccc2c(Cc2cc3ccccc3c(C(=O)O)c2O)c1O. The topological polar surface area (TPSA) is 115 Å². The van der Waals surface area contributed by atoms with Crippen LogP contribution in [-0.2, 0) is 6.42 Å². The second-order valence-electron chi connectivity index (χ2n) is 6.74. The summed E-state index contributed by atoms with van der Waals surface area (Å²) in [7, 11) is 0. The molecule has 0 atom stereocenters. The molecule has 0 saturated carbocycles. The van der Waals surface area contributed by atoms with Gasteiger partial charge in [0.2, 0.25) is 0 Å². The third-order valence-electron chi connectivity index (χ3n) is 5.04. The molecule has 4 aromatic carbocycles. The predicted molar refractivity (Wildman–Crippen MR) is 108 cm³/mol. The molecule has 0 amide bonds. The quantitative estimate of drug-likeness (QED) is 0.412. The lowest BCUT2D eigenvalue weighted by Crippen LogP contribution is -2.04. The van der Waals surface area contributed by atoms with E-state index in [4.69, 9.17) is 0 Å². The van der Waals surface area contributed by atoms with Crippen molar-refractivity contribution in [1.29, 1.82) is 0 Å². The molecule has 0 radical (unpaired) electrons. The zero-order valence-electron chi connectivity index (χ0n) is 15.1. The first-order chi connectivity index (χ1) is 13.9. The Balaban J connectivity index is 2.00. The Morgan fingerprint density at radius 3 is 1.93 bits per heavy atom. The van der Waals surface area contributed by atoms with Gasteiger partial charge in [-0.25, -0.2) is 9.59 Å². The molecule has 4 rings (SSSR count). The lowest BCUT2D eigenvalue weighted by Gasteiger charge is -2.15. The average molecular weight is 388 g/mol. The lowest BCUT2D eigenvalue weighted by molar-refractivity contribution is 0.0683. The minimum atomic E-state index is -1.27. The van der Waals surface area contributed by atoms with Crippen LogP contribution in [0.1, 0.15) is 31.8 Å². The van der Waals surface area contributed by atoms with Gasteiger partial charge in [-0.05, 0) is 39.2 Å². The molecule has 0 unspecified atom stereocenters. The van der Waals surface area contributed by atoms with Crippen LogP contribution in [-0.4, -0.2) is 32.4 Å². The third kappa shape index (κ3) is 3.00. The molecule has 4 N–H and O–H groups in total. The Morgan fingerprint density at radius 2 is 1.31 bits per heavy atom. The fourth-order valence-electron chi connectivity index (χ4n) is 3.69. The van der Waals surface area contributed by atoms with E-state index >= 15 is 0 Å². The molecule has 0 saturated heterocycles. The van der Waals surface area contributed by atoms with Crippen molar-refractivity contribution >= 4 is 33.5 Å². The molecule has 29 heavy (non-hydrogen) atoms. The van der Waals surface area contributed by atoms with Gasteiger partial charge in [0.05, 0.1) is 0 Å². The maximum atomic E-state index is 11.8. The summed E-state index contributed by atoms with van der Waals surface area (Å²) in [6.45, 7) is 0. The van der Waals surface area contributed by atoms with Crippen LogP contribution in [0.5, 0.6) is 11.5 Å². The number of benzene rings is 4. The largest absolute Gasteiger partial charge is 0.507 e. The second-order valence-corrected chi connectivity index (χ2v) is 6.74.